The van der Waals surface area contributed by atoms with E-state index in [-0.39, 0.29) is 5.88 Å². The fraction of sp³-hybridized carbons (Fsp3) is 0.381. The normalized spacial score (nSPS) is 16.8. The summed E-state index contributed by atoms with van der Waals surface area (Å²) in [5, 5.41) is 10.5. The average Bonchev–Trinajstić information content (AvgIpc) is 2.68. The van der Waals surface area contributed by atoms with Crippen LogP contribution >= 0.6 is 23.2 Å². The number of hydrogen-bond donors (Lipinski definition) is 1. The Kier molecular flexibility index (Phi) is 6.64. The Morgan fingerprint density at radius 2 is 1.70 bits per heavy atom. The summed E-state index contributed by atoms with van der Waals surface area (Å²) in [5.74, 6) is 0.273. The molecule has 0 radical (unpaired) electrons. The number of alkyl halides is 1. The van der Waals surface area contributed by atoms with E-state index < -0.39 is 11.6 Å². The lowest BCUT2D eigenvalue weighted by Crippen LogP contribution is -2.55. The van der Waals surface area contributed by atoms with E-state index >= 15 is 0 Å². The van der Waals surface area contributed by atoms with Crippen LogP contribution in [0.5, 0.6) is 0 Å². The molecule has 27 heavy (non-hydrogen) atoms. The zero-order chi connectivity index (χ0) is 19.3. The zero-order valence-electron chi connectivity index (χ0n) is 15.2. The van der Waals surface area contributed by atoms with Gasteiger partial charge >= 0.3 is 6.09 Å². The van der Waals surface area contributed by atoms with Crippen LogP contribution in [0.2, 0.25) is 5.02 Å². The molecule has 1 N–H and O–H groups in total. The highest BCUT2D eigenvalue weighted by molar-refractivity contribution is 6.30. The van der Waals surface area contributed by atoms with E-state index in [0.717, 1.165) is 38.0 Å². The maximum Gasteiger partial charge on any atom is 0.408 e. The van der Waals surface area contributed by atoms with Crippen LogP contribution in [0.25, 0.3) is 0 Å². The molecule has 1 amide bonds. The molecule has 4 nitrogen and oxygen atoms in total. The topological polar surface area (TPSA) is 43.8 Å². The van der Waals surface area contributed by atoms with Crippen LogP contribution in [-0.4, -0.2) is 46.5 Å². The first-order valence-electron chi connectivity index (χ1n) is 9.14. The Balaban J connectivity index is 1.84. The SMILES string of the molecule is O=C(O)N(CCCl)C1(c2ccc(Cl)cc2)CCN(Cc2ccccc2)CC1. The molecule has 2 aromatic rings. The van der Waals surface area contributed by atoms with Crippen LogP contribution < -0.4 is 0 Å². The third-order valence-electron chi connectivity index (χ3n) is 5.37. The molecule has 3 rings (SSSR count). The zero-order valence-corrected chi connectivity index (χ0v) is 16.7. The van der Waals surface area contributed by atoms with Crippen LogP contribution in [0, 0.1) is 0 Å². The van der Waals surface area contributed by atoms with Crippen molar-refractivity contribution < 1.29 is 9.90 Å². The number of amides is 1. The van der Waals surface area contributed by atoms with Crippen LogP contribution in [-0.2, 0) is 12.1 Å². The molecule has 0 aromatic heterocycles. The predicted molar refractivity (Wildman–Crippen MR) is 110 cm³/mol. The predicted octanol–water partition coefficient (Wildman–Crippen LogP) is 5.05. The van der Waals surface area contributed by atoms with Crippen LogP contribution in [0.4, 0.5) is 4.79 Å². The Labute approximate surface area is 170 Å². The van der Waals surface area contributed by atoms with Crippen LogP contribution in [0.15, 0.2) is 54.6 Å². The summed E-state index contributed by atoms with van der Waals surface area (Å²) in [6, 6.07) is 17.9. The molecule has 0 aliphatic carbocycles. The number of carboxylic acid groups (broad SMARTS) is 1. The van der Waals surface area contributed by atoms with Crippen molar-refractivity contribution in [1.82, 2.24) is 9.80 Å². The lowest BCUT2D eigenvalue weighted by atomic mass is 9.79. The molecule has 0 saturated carbocycles. The number of carbonyl (C=O) groups is 1. The van der Waals surface area contributed by atoms with Gasteiger partial charge in [-0.25, -0.2) is 4.79 Å². The van der Waals surface area contributed by atoms with Gasteiger partial charge < -0.3 is 5.11 Å². The van der Waals surface area contributed by atoms with E-state index in [1.807, 2.05) is 42.5 Å². The van der Waals surface area contributed by atoms with Gasteiger partial charge in [-0.2, -0.15) is 0 Å². The monoisotopic (exact) mass is 406 g/mol. The molecule has 6 heteroatoms. The van der Waals surface area contributed by atoms with E-state index in [0.29, 0.717) is 11.6 Å². The summed E-state index contributed by atoms with van der Waals surface area (Å²) in [6.45, 7) is 2.82. The van der Waals surface area contributed by atoms with Gasteiger partial charge in [-0.15, -0.1) is 11.6 Å². The molecular weight excluding hydrogens is 383 g/mol. The van der Waals surface area contributed by atoms with Gasteiger partial charge in [0.15, 0.2) is 0 Å². The number of rotatable bonds is 6. The van der Waals surface area contributed by atoms with Gasteiger partial charge in [-0.3, -0.25) is 9.80 Å². The lowest BCUT2D eigenvalue weighted by molar-refractivity contribution is 0.0244. The average molecular weight is 407 g/mol. The van der Waals surface area contributed by atoms with Crippen molar-refractivity contribution in [2.45, 2.75) is 24.9 Å². The number of halogens is 2. The lowest BCUT2D eigenvalue weighted by Gasteiger charge is -2.48. The maximum absolute atomic E-state index is 12.0. The quantitative estimate of drug-likeness (QED) is 0.682. The Bertz CT molecular complexity index is 745. The number of hydrogen-bond acceptors (Lipinski definition) is 2. The minimum Gasteiger partial charge on any atom is -0.465 e. The third-order valence-corrected chi connectivity index (χ3v) is 5.79. The molecule has 0 bridgehead atoms. The van der Waals surface area contributed by atoms with Crippen molar-refractivity contribution in [2.24, 2.45) is 0 Å². The molecule has 1 fully saturated rings. The van der Waals surface area contributed by atoms with Gasteiger partial charge in [0.05, 0.1) is 5.54 Å². The first kappa shape index (κ1) is 20.0. The van der Waals surface area contributed by atoms with Gasteiger partial charge in [-0.1, -0.05) is 54.1 Å². The van der Waals surface area contributed by atoms with Crippen LogP contribution in [0.3, 0.4) is 0 Å². The Morgan fingerprint density at radius 1 is 1.07 bits per heavy atom. The highest BCUT2D eigenvalue weighted by atomic mass is 35.5. The summed E-state index contributed by atoms with van der Waals surface area (Å²) in [5.41, 5.74) is 1.68. The summed E-state index contributed by atoms with van der Waals surface area (Å²) >= 11 is 12.0. The summed E-state index contributed by atoms with van der Waals surface area (Å²) in [4.78, 5) is 15.9. The highest BCUT2D eigenvalue weighted by Crippen LogP contribution is 2.40. The second-order valence-corrected chi connectivity index (χ2v) is 7.74. The molecule has 1 aliphatic rings. The van der Waals surface area contributed by atoms with Crippen molar-refractivity contribution in [2.75, 3.05) is 25.5 Å². The number of nitrogens with zero attached hydrogens (tertiary/aromatic N) is 2. The highest BCUT2D eigenvalue weighted by Gasteiger charge is 2.43. The van der Waals surface area contributed by atoms with Gasteiger partial charge in [0, 0.05) is 37.1 Å². The third kappa shape index (κ3) is 4.57. The summed E-state index contributed by atoms with van der Waals surface area (Å²) < 4.78 is 0. The molecule has 1 saturated heterocycles. The van der Waals surface area contributed by atoms with E-state index in [4.69, 9.17) is 23.2 Å². The standard InChI is InChI=1S/C21H24Cl2N2O2/c22-12-15-25(20(26)27)21(18-6-8-19(23)9-7-18)10-13-24(14-11-21)16-17-4-2-1-3-5-17/h1-9H,10-16H2,(H,26,27). The second kappa shape index (κ2) is 8.96. The number of likely N-dealkylation sites (tertiary alicyclic amines) is 1. The largest absolute Gasteiger partial charge is 0.465 e. The molecule has 144 valence electrons. The van der Waals surface area contributed by atoms with Gasteiger partial charge in [0.1, 0.15) is 0 Å². The van der Waals surface area contributed by atoms with Crippen LogP contribution in [0.1, 0.15) is 24.0 Å². The van der Waals surface area contributed by atoms with Crippen molar-refractivity contribution in [3.63, 3.8) is 0 Å². The first-order valence-corrected chi connectivity index (χ1v) is 10.1. The summed E-state index contributed by atoms with van der Waals surface area (Å²) in [6.07, 6.45) is 0.525. The van der Waals surface area contributed by atoms with Crippen molar-refractivity contribution in [3.05, 3.63) is 70.7 Å². The maximum atomic E-state index is 12.0. The summed E-state index contributed by atoms with van der Waals surface area (Å²) in [7, 11) is 0. The Morgan fingerprint density at radius 3 is 2.26 bits per heavy atom. The van der Waals surface area contributed by atoms with Gasteiger partial charge in [-0.05, 0) is 36.1 Å². The molecule has 0 spiro atoms. The fourth-order valence-corrected chi connectivity index (χ4v) is 4.27. The first-order chi connectivity index (χ1) is 13.0. The Hall–Kier alpha value is -1.75. The molecule has 0 unspecified atom stereocenters. The molecular formula is C21H24Cl2N2O2. The molecule has 0 atom stereocenters. The van der Waals surface area contributed by atoms with Crippen molar-refractivity contribution in [1.29, 1.82) is 0 Å². The minimum atomic E-state index is -0.929. The van der Waals surface area contributed by atoms with E-state index in [1.54, 1.807) is 0 Å². The molecule has 1 heterocycles. The second-order valence-electron chi connectivity index (χ2n) is 6.92. The fourth-order valence-electron chi connectivity index (χ4n) is 3.97. The van der Waals surface area contributed by atoms with Gasteiger partial charge in [0.2, 0.25) is 0 Å². The van der Waals surface area contributed by atoms with Crippen molar-refractivity contribution in [3.8, 4) is 0 Å². The number of benzene rings is 2. The number of piperidine rings is 1. The van der Waals surface area contributed by atoms with E-state index in [9.17, 15) is 9.90 Å². The van der Waals surface area contributed by atoms with Gasteiger partial charge in [0.25, 0.3) is 0 Å². The van der Waals surface area contributed by atoms with E-state index in [1.165, 1.54) is 10.5 Å². The smallest absolute Gasteiger partial charge is 0.408 e. The van der Waals surface area contributed by atoms with Crippen molar-refractivity contribution >= 4 is 29.3 Å². The molecule has 1 aliphatic heterocycles. The minimum absolute atomic E-state index is 0.273. The van der Waals surface area contributed by atoms with E-state index in [2.05, 4.69) is 17.0 Å². The molecule has 2 aromatic carbocycles.